The number of amides is 1. The molecule has 1 aliphatic heterocycles. The second kappa shape index (κ2) is 7.51. The normalized spacial score (nSPS) is 16.3. The summed E-state index contributed by atoms with van der Waals surface area (Å²) in [7, 11) is 0. The summed E-state index contributed by atoms with van der Waals surface area (Å²) < 4.78 is 7.38. The summed E-state index contributed by atoms with van der Waals surface area (Å²) in [6.45, 7) is 2.97. The monoisotopic (exact) mass is 359 g/mol. The molecule has 1 aliphatic rings. The number of hydrogen-bond donors (Lipinski definition) is 1. The van der Waals surface area contributed by atoms with Crippen LogP contribution in [0.3, 0.4) is 0 Å². The molecular weight excluding hydrogens is 338 g/mol. The van der Waals surface area contributed by atoms with E-state index in [1.54, 1.807) is 28.0 Å². The topological polar surface area (TPSA) is 110 Å². The van der Waals surface area contributed by atoms with E-state index in [1.807, 2.05) is 6.92 Å². The van der Waals surface area contributed by atoms with Crippen molar-refractivity contribution in [3.8, 4) is 5.75 Å². The Bertz CT molecular complexity index is 752. The lowest BCUT2D eigenvalue weighted by molar-refractivity contribution is -0.161. The summed E-state index contributed by atoms with van der Waals surface area (Å²) in [4.78, 5) is 33.8. The highest BCUT2D eigenvalue weighted by atomic mass is 16.5. The van der Waals surface area contributed by atoms with Crippen LogP contribution >= 0.6 is 0 Å². The predicted octanol–water partition coefficient (Wildman–Crippen LogP) is 0.896. The van der Waals surface area contributed by atoms with Gasteiger partial charge in [0, 0.05) is 38.0 Å². The Labute approximate surface area is 150 Å². The van der Waals surface area contributed by atoms with Gasteiger partial charge >= 0.3 is 5.97 Å². The number of aliphatic carboxylic acids is 1. The number of carboxylic acids is 1. The van der Waals surface area contributed by atoms with Gasteiger partial charge in [-0.2, -0.15) is 5.10 Å². The quantitative estimate of drug-likeness (QED) is 0.815. The van der Waals surface area contributed by atoms with E-state index in [1.165, 1.54) is 12.5 Å². The minimum Gasteiger partial charge on any atom is -0.478 e. The van der Waals surface area contributed by atoms with Crippen molar-refractivity contribution in [1.29, 1.82) is 0 Å². The van der Waals surface area contributed by atoms with Gasteiger partial charge in [-0.1, -0.05) is 0 Å². The second-order valence-corrected chi connectivity index (χ2v) is 6.33. The predicted molar refractivity (Wildman–Crippen MR) is 90.4 cm³/mol. The second-order valence-electron chi connectivity index (χ2n) is 6.33. The van der Waals surface area contributed by atoms with Crippen LogP contribution in [0.15, 0.2) is 31.0 Å². The number of carbonyl (C=O) groups is 2. The number of ether oxygens (including phenoxy) is 1. The summed E-state index contributed by atoms with van der Waals surface area (Å²) in [5, 5.41) is 13.7. The zero-order valence-corrected chi connectivity index (χ0v) is 14.5. The molecule has 3 heterocycles. The van der Waals surface area contributed by atoms with Gasteiger partial charge in [-0.15, -0.1) is 0 Å². The highest BCUT2D eigenvalue weighted by molar-refractivity contribution is 5.80. The number of carbonyl (C=O) groups excluding carboxylic acids is 1. The molecule has 0 atom stereocenters. The van der Waals surface area contributed by atoms with Gasteiger partial charge in [-0.05, 0) is 19.1 Å². The first-order valence-corrected chi connectivity index (χ1v) is 8.44. The first kappa shape index (κ1) is 17.8. The molecule has 0 radical (unpaired) electrons. The lowest BCUT2D eigenvalue weighted by Gasteiger charge is -2.38. The van der Waals surface area contributed by atoms with Crippen LogP contribution in [0.5, 0.6) is 5.75 Å². The summed E-state index contributed by atoms with van der Waals surface area (Å²) in [6.07, 6.45) is 5.25. The fraction of sp³-hybridized carbons (Fsp3) is 0.471. The Kier molecular flexibility index (Phi) is 5.15. The Balaban J connectivity index is 1.59. The average molecular weight is 359 g/mol. The van der Waals surface area contributed by atoms with Crippen LogP contribution in [0.1, 0.15) is 25.0 Å². The van der Waals surface area contributed by atoms with Crippen LogP contribution in [0.4, 0.5) is 0 Å². The van der Waals surface area contributed by atoms with E-state index in [4.69, 9.17) is 4.74 Å². The Morgan fingerprint density at radius 2 is 2.08 bits per heavy atom. The number of aryl methyl sites for hydroxylation is 2. The largest absolute Gasteiger partial charge is 0.478 e. The molecule has 26 heavy (non-hydrogen) atoms. The van der Waals surface area contributed by atoms with Gasteiger partial charge in [0.15, 0.2) is 0 Å². The average Bonchev–Trinajstić information content (AvgIpc) is 3.16. The molecule has 0 bridgehead atoms. The maximum absolute atomic E-state index is 12.3. The highest BCUT2D eigenvalue weighted by Crippen LogP contribution is 2.29. The van der Waals surface area contributed by atoms with Crippen LogP contribution in [0, 0.1) is 6.92 Å². The van der Waals surface area contributed by atoms with E-state index in [0.717, 1.165) is 5.69 Å². The zero-order valence-electron chi connectivity index (χ0n) is 14.5. The first-order chi connectivity index (χ1) is 12.5. The van der Waals surface area contributed by atoms with E-state index in [-0.39, 0.29) is 18.7 Å². The van der Waals surface area contributed by atoms with Crippen molar-refractivity contribution in [3.63, 3.8) is 0 Å². The van der Waals surface area contributed by atoms with Crippen LogP contribution in [-0.4, -0.2) is 60.3 Å². The molecule has 2 aromatic heterocycles. The third-order valence-corrected chi connectivity index (χ3v) is 4.53. The minimum absolute atomic E-state index is 0.0310. The van der Waals surface area contributed by atoms with E-state index in [2.05, 4.69) is 15.1 Å². The first-order valence-electron chi connectivity index (χ1n) is 8.44. The number of piperidine rings is 1. The molecule has 1 saturated heterocycles. The number of pyridine rings is 1. The lowest BCUT2D eigenvalue weighted by Crippen LogP contribution is -2.54. The maximum atomic E-state index is 12.3. The van der Waals surface area contributed by atoms with Crippen LogP contribution in [0.2, 0.25) is 0 Å². The smallest absolute Gasteiger partial charge is 0.348 e. The SMILES string of the molecule is Cc1ccc(OC2(C(=O)O)CCN(C(=O)CCn3cncn3)CC2)cn1. The lowest BCUT2D eigenvalue weighted by atomic mass is 9.91. The van der Waals surface area contributed by atoms with E-state index >= 15 is 0 Å². The number of hydrogen-bond acceptors (Lipinski definition) is 6. The number of rotatable bonds is 6. The van der Waals surface area contributed by atoms with Crippen molar-refractivity contribution in [2.75, 3.05) is 13.1 Å². The summed E-state index contributed by atoms with van der Waals surface area (Å²) >= 11 is 0. The molecule has 0 spiro atoms. The number of carboxylic acid groups (broad SMARTS) is 1. The van der Waals surface area contributed by atoms with E-state index < -0.39 is 11.6 Å². The standard InChI is InChI=1S/C17H21N5O4/c1-13-2-3-14(10-19-13)26-17(16(24)25)5-8-21(9-6-17)15(23)4-7-22-12-18-11-20-22/h2-3,10-12H,4-9H2,1H3,(H,24,25). The van der Waals surface area contributed by atoms with Crippen molar-refractivity contribution < 1.29 is 19.4 Å². The van der Waals surface area contributed by atoms with Crippen LogP contribution in [-0.2, 0) is 16.1 Å². The summed E-state index contributed by atoms with van der Waals surface area (Å²) in [6, 6.07) is 3.48. The third kappa shape index (κ3) is 3.98. The molecule has 0 aliphatic carbocycles. The van der Waals surface area contributed by atoms with Crippen molar-refractivity contribution in [1.82, 2.24) is 24.6 Å². The molecule has 1 amide bonds. The van der Waals surface area contributed by atoms with Gasteiger partial charge in [-0.25, -0.2) is 9.78 Å². The molecule has 138 valence electrons. The third-order valence-electron chi connectivity index (χ3n) is 4.53. The van der Waals surface area contributed by atoms with Crippen molar-refractivity contribution >= 4 is 11.9 Å². The zero-order chi connectivity index (χ0) is 18.6. The molecule has 0 saturated carbocycles. The summed E-state index contributed by atoms with van der Waals surface area (Å²) in [5.41, 5.74) is -0.505. The number of aromatic nitrogens is 4. The molecule has 0 unspecified atom stereocenters. The van der Waals surface area contributed by atoms with Gasteiger partial charge < -0.3 is 14.7 Å². The summed E-state index contributed by atoms with van der Waals surface area (Å²) in [5.74, 6) is -0.631. The van der Waals surface area contributed by atoms with Gasteiger partial charge in [0.2, 0.25) is 11.5 Å². The Hall–Kier alpha value is -2.97. The van der Waals surface area contributed by atoms with Gasteiger partial charge in [-0.3, -0.25) is 14.5 Å². The molecule has 9 nitrogen and oxygen atoms in total. The van der Waals surface area contributed by atoms with Crippen molar-refractivity contribution in [2.24, 2.45) is 0 Å². The molecule has 3 rings (SSSR count). The van der Waals surface area contributed by atoms with Crippen molar-refractivity contribution in [3.05, 3.63) is 36.7 Å². The van der Waals surface area contributed by atoms with E-state index in [0.29, 0.717) is 31.8 Å². The number of nitrogens with zero attached hydrogens (tertiary/aromatic N) is 5. The Morgan fingerprint density at radius 3 is 2.65 bits per heavy atom. The number of likely N-dealkylation sites (tertiary alicyclic amines) is 1. The van der Waals surface area contributed by atoms with Gasteiger partial charge in [0.25, 0.3) is 0 Å². The van der Waals surface area contributed by atoms with Crippen molar-refractivity contribution in [2.45, 2.75) is 38.3 Å². The fourth-order valence-electron chi connectivity index (χ4n) is 2.93. The molecule has 1 N–H and O–H groups in total. The van der Waals surface area contributed by atoms with Crippen LogP contribution < -0.4 is 4.74 Å². The van der Waals surface area contributed by atoms with Gasteiger partial charge in [0.05, 0.1) is 12.7 Å². The Morgan fingerprint density at radius 1 is 1.31 bits per heavy atom. The fourth-order valence-corrected chi connectivity index (χ4v) is 2.93. The maximum Gasteiger partial charge on any atom is 0.348 e. The molecule has 0 aromatic carbocycles. The van der Waals surface area contributed by atoms with Crippen LogP contribution in [0.25, 0.3) is 0 Å². The molecular formula is C17H21N5O4. The molecule has 9 heteroatoms. The highest BCUT2D eigenvalue weighted by Gasteiger charge is 2.44. The minimum atomic E-state index is -1.33. The molecule has 2 aromatic rings. The molecule has 1 fully saturated rings. The van der Waals surface area contributed by atoms with E-state index in [9.17, 15) is 14.7 Å². The van der Waals surface area contributed by atoms with Gasteiger partial charge in [0.1, 0.15) is 18.4 Å².